The number of rotatable bonds is 6. The summed E-state index contributed by atoms with van der Waals surface area (Å²) in [5, 5.41) is 21.3. The van der Waals surface area contributed by atoms with Crippen LogP contribution in [-0.4, -0.2) is 34.6 Å². The molecule has 0 unspecified atom stereocenters. The summed E-state index contributed by atoms with van der Waals surface area (Å²) in [6.45, 7) is 1.37. The van der Waals surface area contributed by atoms with Crippen molar-refractivity contribution in [3.05, 3.63) is 60.9 Å². The zero-order chi connectivity index (χ0) is 22.0. The standard InChI is InChI=1S/C20H17N5O4S2/c1-12(26)23-13-6-8-14(9-7-13)31(28,29)25-17-10-18(30-20-21-11-22-24-20)19(27)16-5-3-2-4-15(16)17/h2-11,25,27H,1H3,(H,23,26)(H,21,22,24). The third kappa shape index (κ3) is 4.47. The van der Waals surface area contributed by atoms with E-state index in [0.717, 1.165) is 11.8 Å². The van der Waals surface area contributed by atoms with Gasteiger partial charge in [0.25, 0.3) is 10.0 Å². The first-order valence-corrected chi connectivity index (χ1v) is 11.3. The highest BCUT2D eigenvalue weighted by Crippen LogP contribution is 2.42. The molecule has 0 fully saturated rings. The Hall–Kier alpha value is -3.57. The molecule has 0 aliphatic carbocycles. The van der Waals surface area contributed by atoms with Gasteiger partial charge in [-0.1, -0.05) is 24.3 Å². The number of nitrogens with zero attached hydrogens (tertiary/aromatic N) is 2. The minimum atomic E-state index is -3.93. The van der Waals surface area contributed by atoms with Gasteiger partial charge >= 0.3 is 0 Å². The SMILES string of the molecule is CC(=O)Nc1ccc(S(=O)(=O)Nc2cc(Sc3nc[nH]n3)c(O)c3ccccc23)cc1. The van der Waals surface area contributed by atoms with E-state index >= 15 is 0 Å². The molecule has 0 saturated carbocycles. The molecule has 9 nitrogen and oxygen atoms in total. The van der Waals surface area contributed by atoms with Gasteiger partial charge in [0.15, 0.2) is 0 Å². The number of sulfonamides is 1. The van der Waals surface area contributed by atoms with Crippen molar-refractivity contribution in [3.8, 4) is 5.75 Å². The van der Waals surface area contributed by atoms with E-state index in [1.54, 1.807) is 30.3 Å². The van der Waals surface area contributed by atoms with Crippen LogP contribution in [0.1, 0.15) is 6.92 Å². The Morgan fingerprint density at radius 2 is 1.81 bits per heavy atom. The number of carbonyl (C=O) groups is 1. The maximum Gasteiger partial charge on any atom is 0.261 e. The van der Waals surface area contributed by atoms with Crippen molar-refractivity contribution in [2.24, 2.45) is 0 Å². The minimum Gasteiger partial charge on any atom is -0.506 e. The number of phenolic OH excluding ortho intramolecular Hbond substituents is 1. The molecule has 1 heterocycles. The number of H-pyrrole nitrogens is 1. The number of nitrogens with one attached hydrogen (secondary N) is 3. The first-order chi connectivity index (χ1) is 14.8. The van der Waals surface area contributed by atoms with Gasteiger partial charge in [-0.2, -0.15) is 0 Å². The lowest BCUT2D eigenvalue weighted by Gasteiger charge is -2.14. The molecule has 0 saturated heterocycles. The maximum absolute atomic E-state index is 13.0. The molecular weight excluding hydrogens is 438 g/mol. The van der Waals surface area contributed by atoms with Crippen molar-refractivity contribution in [1.82, 2.24) is 15.2 Å². The predicted molar refractivity (Wildman–Crippen MR) is 118 cm³/mol. The van der Waals surface area contributed by atoms with Crippen molar-refractivity contribution in [3.63, 3.8) is 0 Å². The Bertz CT molecular complexity index is 1350. The number of anilines is 2. The summed E-state index contributed by atoms with van der Waals surface area (Å²) < 4.78 is 28.6. The predicted octanol–water partition coefficient (Wildman–Crippen LogP) is 3.57. The molecule has 1 aromatic heterocycles. The van der Waals surface area contributed by atoms with Crippen molar-refractivity contribution < 1.29 is 18.3 Å². The number of fused-ring (bicyclic) bond motifs is 1. The fourth-order valence-corrected chi connectivity index (χ4v) is 4.82. The number of aromatic amines is 1. The van der Waals surface area contributed by atoms with Crippen molar-refractivity contribution >= 4 is 49.8 Å². The summed E-state index contributed by atoms with van der Waals surface area (Å²) in [7, 11) is -3.93. The number of hydrogen-bond donors (Lipinski definition) is 4. The summed E-state index contributed by atoms with van der Waals surface area (Å²) in [6.07, 6.45) is 1.41. The molecule has 4 rings (SSSR count). The van der Waals surface area contributed by atoms with E-state index in [1.807, 2.05) is 0 Å². The van der Waals surface area contributed by atoms with Crippen LogP contribution in [0.3, 0.4) is 0 Å². The summed E-state index contributed by atoms with van der Waals surface area (Å²) in [5.74, 6) is -0.242. The molecule has 4 aromatic rings. The van der Waals surface area contributed by atoms with E-state index in [9.17, 15) is 18.3 Å². The van der Waals surface area contributed by atoms with E-state index in [-0.39, 0.29) is 16.6 Å². The number of carbonyl (C=O) groups excluding carboxylic acids is 1. The van der Waals surface area contributed by atoms with Crippen molar-refractivity contribution in [2.75, 3.05) is 10.0 Å². The smallest absolute Gasteiger partial charge is 0.261 e. The third-order valence-electron chi connectivity index (χ3n) is 4.30. The molecule has 1 amide bonds. The monoisotopic (exact) mass is 455 g/mol. The van der Waals surface area contributed by atoms with E-state index < -0.39 is 10.0 Å². The van der Waals surface area contributed by atoms with Gasteiger partial charge in [0.05, 0.1) is 15.5 Å². The van der Waals surface area contributed by atoms with Gasteiger partial charge in [0, 0.05) is 23.4 Å². The largest absolute Gasteiger partial charge is 0.506 e. The van der Waals surface area contributed by atoms with Crippen LogP contribution in [0.25, 0.3) is 10.8 Å². The van der Waals surface area contributed by atoms with Crippen LogP contribution in [0, 0.1) is 0 Å². The van der Waals surface area contributed by atoms with E-state index in [0.29, 0.717) is 32.2 Å². The average Bonchev–Trinajstić information content (AvgIpc) is 3.24. The Labute approximate surface area is 182 Å². The summed E-state index contributed by atoms with van der Waals surface area (Å²) in [5.41, 5.74) is 0.795. The van der Waals surface area contributed by atoms with Gasteiger partial charge in [-0.15, -0.1) is 5.10 Å². The van der Waals surface area contributed by atoms with Crippen molar-refractivity contribution in [2.45, 2.75) is 21.9 Å². The molecule has 3 aromatic carbocycles. The van der Waals surface area contributed by atoms with Crippen LogP contribution in [0.15, 0.2) is 75.9 Å². The number of benzene rings is 3. The number of aromatic nitrogens is 3. The molecule has 0 spiro atoms. The van der Waals surface area contributed by atoms with Gasteiger partial charge < -0.3 is 10.4 Å². The highest BCUT2D eigenvalue weighted by molar-refractivity contribution is 7.99. The Balaban J connectivity index is 1.73. The van der Waals surface area contributed by atoms with Gasteiger partial charge in [0.2, 0.25) is 11.1 Å². The quantitative estimate of drug-likeness (QED) is 0.326. The minimum absolute atomic E-state index is 0.00741. The average molecular weight is 456 g/mol. The Morgan fingerprint density at radius 3 is 2.45 bits per heavy atom. The van der Waals surface area contributed by atoms with Crippen LogP contribution >= 0.6 is 11.8 Å². The molecule has 158 valence electrons. The lowest BCUT2D eigenvalue weighted by atomic mass is 10.1. The summed E-state index contributed by atoms with van der Waals surface area (Å²) >= 11 is 1.10. The molecule has 11 heteroatoms. The first-order valence-electron chi connectivity index (χ1n) is 9.02. The fraction of sp³-hybridized carbons (Fsp3) is 0.0500. The van der Waals surface area contributed by atoms with Gasteiger partial charge in [0.1, 0.15) is 12.1 Å². The highest BCUT2D eigenvalue weighted by Gasteiger charge is 2.19. The maximum atomic E-state index is 13.0. The van der Waals surface area contributed by atoms with Crippen LogP contribution < -0.4 is 10.0 Å². The lowest BCUT2D eigenvalue weighted by molar-refractivity contribution is -0.114. The molecule has 0 radical (unpaired) electrons. The normalized spacial score (nSPS) is 11.4. The molecule has 4 N–H and O–H groups in total. The second kappa shape index (κ2) is 8.28. The molecular formula is C20H17N5O4S2. The zero-order valence-electron chi connectivity index (χ0n) is 16.2. The zero-order valence-corrected chi connectivity index (χ0v) is 17.8. The van der Waals surface area contributed by atoms with Gasteiger partial charge in [-0.05, 0) is 42.1 Å². The van der Waals surface area contributed by atoms with Crippen LogP contribution in [-0.2, 0) is 14.8 Å². The van der Waals surface area contributed by atoms with E-state index in [4.69, 9.17) is 0 Å². The van der Waals surface area contributed by atoms with Gasteiger partial charge in [-0.3, -0.25) is 14.6 Å². The fourth-order valence-electron chi connectivity index (χ4n) is 2.97. The van der Waals surface area contributed by atoms with Crippen molar-refractivity contribution in [1.29, 1.82) is 0 Å². The van der Waals surface area contributed by atoms with Crippen LogP contribution in [0.5, 0.6) is 5.75 Å². The Kier molecular flexibility index (Phi) is 5.53. The lowest BCUT2D eigenvalue weighted by Crippen LogP contribution is -2.13. The summed E-state index contributed by atoms with van der Waals surface area (Å²) in [6, 6.07) is 14.3. The Morgan fingerprint density at radius 1 is 1.10 bits per heavy atom. The number of phenols is 1. The second-order valence-corrected chi connectivity index (χ2v) is 9.20. The highest BCUT2D eigenvalue weighted by atomic mass is 32.2. The first kappa shape index (κ1) is 20.7. The van der Waals surface area contributed by atoms with E-state index in [2.05, 4.69) is 25.2 Å². The summed E-state index contributed by atoms with van der Waals surface area (Å²) in [4.78, 5) is 15.6. The third-order valence-corrected chi connectivity index (χ3v) is 6.60. The number of hydrogen-bond acceptors (Lipinski definition) is 7. The second-order valence-electron chi connectivity index (χ2n) is 6.51. The number of aromatic hydroxyl groups is 1. The van der Waals surface area contributed by atoms with E-state index in [1.165, 1.54) is 37.5 Å². The van der Waals surface area contributed by atoms with Gasteiger partial charge in [-0.25, -0.2) is 13.4 Å². The molecule has 0 aliphatic heterocycles. The molecule has 0 aliphatic rings. The van der Waals surface area contributed by atoms with Crippen LogP contribution in [0.4, 0.5) is 11.4 Å². The van der Waals surface area contributed by atoms with Crippen LogP contribution in [0.2, 0.25) is 0 Å². The topological polar surface area (TPSA) is 137 Å². The molecule has 31 heavy (non-hydrogen) atoms. The molecule has 0 atom stereocenters. The molecule has 0 bridgehead atoms. The number of amides is 1.